The highest BCUT2D eigenvalue weighted by Gasteiger charge is 2.02. The third-order valence-electron chi connectivity index (χ3n) is 2.85. The number of benzene rings is 1. The van der Waals surface area contributed by atoms with Gasteiger partial charge in [0.05, 0.1) is 11.0 Å². The number of nitrogens with one attached hydrogen (secondary N) is 1. The van der Waals surface area contributed by atoms with Crippen molar-refractivity contribution in [3.05, 3.63) is 29.6 Å². The van der Waals surface area contributed by atoms with Crippen molar-refractivity contribution in [2.75, 3.05) is 6.54 Å². The van der Waals surface area contributed by atoms with Gasteiger partial charge in [0.1, 0.15) is 5.82 Å². The summed E-state index contributed by atoms with van der Waals surface area (Å²) in [7, 11) is 0. The maximum Gasteiger partial charge on any atom is 0.106 e. The molecule has 0 spiro atoms. The molecular formula is C13H19N3. The minimum absolute atomic E-state index is 0.784. The smallest absolute Gasteiger partial charge is 0.106 e. The zero-order valence-electron chi connectivity index (χ0n) is 9.79. The number of hydrogen-bond acceptors (Lipinski definition) is 2. The summed E-state index contributed by atoms with van der Waals surface area (Å²) in [4.78, 5) is 7.83. The van der Waals surface area contributed by atoms with Crippen LogP contribution in [-0.2, 0) is 12.8 Å². The molecule has 0 bridgehead atoms. The number of hydrogen-bond donors (Lipinski definition) is 2. The molecule has 3 N–H and O–H groups in total. The zero-order chi connectivity index (χ0) is 11.4. The van der Waals surface area contributed by atoms with Crippen LogP contribution in [0.3, 0.4) is 0 Å². The van der Waals surface area contributed by atoms with Crippen LogP contribution in [0.2, 0.25) is 0 Å². The first-order valence-electron chi connectivity index (χ1n) is 6.01. The summed E-state index contributed by atoms with van der Waals surface area (Å²) in [6.07, 6.45) is 4.32. The summed E-state index contributed by atoms with van der Waals surface area (Å²) in [5.41, 5.74) is 9.08. The van der Waals surface area contributed by atoms with Gasteiger partial charge in [-0.05, 0) is 43.5 Å². The number of nitrogens with zero attached hydrogens (tertiary/aromatic N) is 1. The molecule has 0 radical (unpaired) electrons. The molecular weight excluding hydrogens is 198 g/mol. The van der Waals surface area contributed by atoms with E-state index in [2.05, 4.69) is 35.1 Å². The topological polar surface area (TPSA) is 54.7 Å². The number of imidazole rings is 1. The van der Waals surface area contributed by atoms with Crippen LogP contribution in [0, 0.1) is 0 Å². The number of nitrogens with two attached hydrogens (primary N) is 1. The van der Waals surface area contributed by atoms with Gasteiger partial charge < -0.3 is 10.7 Å². The Labute approximate surface area is 96.1 Å². The summed E-state index contributed by atoms with van der Waals surface area (Å²) in [6, 6.07) is 6.47. The summed E-state index contributed by atoms with van der Waals surface area (Å²) in [6.45, 7) is 2.89. The third-order valence-corrected chi connectivity index (χ3v) is 2.85. The van der Waals surface area contributed by atoms with E-state index in [-0.39, 0.29) is 0 Å². The average Bonchev–Trinajstić information content (AvgIpc) is 2.71. The number of rotatable bonds is 5. The van der Waals surface area contributed by atoms with Gasteiger partial charge in [-0.1, -0.05) is 13.0 Å². The average molecular weight is 217 g/mol. The van der Waals surface area contributed by atoms with Gasteiger partial charge in [-0.25, -0.2) is 4.98 Å². The molecule has 3 nitrogen and oxygen atoms in total. The Balaban J connectivity index is 2.15. The summed E-state index contributed by atoms with van der Waals surface area (Å²) < 4.78 is 0. The number of aromatic nitrogens is 2. The molecule has 86 valence electrons. The monoisotopic (exact) mass is 217 g/mol. The molecule has 2 aromatic rings. The highest BCUT2D eigenvalue weighted by atomic mass is 14.9. The van der Waals surface area contributed by atoms with Gasteiger partial charge in [0.2, 0.25) is 0 Å². The molecule has 2 rings (SSSR count). The first kappa shape index (κ1) is 11.1. The van der Waals surface area contributed by atoms with E-state index in [0.29, 0.717) is 0 Å². The molecule has 0 aliphatic heterocycles. The second-order valence-electron chi connectivity index (χ2n) is 4.13. The number of aromatic amines is 1. The molecule has 0 saturated carbocycles. The van der Waals surface area contributed by atoms with Gasteiger partial charge >= 0.3 is 0 Å². The van der Waals surface area contributed by atoms with Gasteiger partial charge in [-0.2, -0.15) is 0 Å². The SMILES string of the molecule is CCc1nc2ccc(CCCCN)cc2[nH]1. The fourth-order valence-electron chi connectivity index (χ4n) is 1.91. The van der Waals surface area contributed by atoms with Crippen molar-refractivity contribution < 1.29 is 0 Å². The van der Waals surface area contributed by atoms with Crippen molar-refractivity contribution in [1.29, 1.82) is 0 Å². The van der Waals surface area contributed by atoms with Gasteiger partial charge in [0, 0.05) is 6.42 Å². The Morgan fingerprint density at radius 1 is 1.31 bits per heavy atom. The van der Waals surface area contributed by atoms with Crippen LogP contribution >= 0.6 is 0 Å². The van der Waals surface area contributed by atoms with Crippen molar-refractivity contribution in [2.24, 2.45) is 5.73 Å². The van der Waals surface area contributed by atoms with E-state index < -0.39 is 0 Å². The normalized spacial score (nSPS) is 11.1. The highest BCUT2D eigenvalue weighted by Crippen LogP contribution is 2.15. The first-order chi connectivity index (χ1) is 7.83. The van der Waals surface area contributed by atoms with Crippen molar-refractivity contribution >= 4 is 11.0 Å². The Morgan fingerprint density at radius 3 is 2.94 bits per heavy atom. The van der Waals surface area contributed by atoms with Crippen molar-refractivity contribution in [2.45, 2.75) is 32.6 Å². The molecule has 0 aliphatic rings. The predicted molar refractivity (Wildman–Crippen MR) is 67.5 cm³/mol. The molecule has 0 fully saturated rings. The number of aryl methyl sites for hydroxylation is 2. The summed E-state index contributed by atoms with van der Waals surface area (Å²) >= 11 is 0. The van der Waals surface area contributed by atoms with E-state index in [0.717, 1.165) is 49.1 Å². The summed E-state index contributed by atoms with van der Waals surface area (Å²) in [5, 5.41) is 0. The third kappa shape index (κ3) is 2.42. The van der Waals surface area contributed by atoms with E-state index in [1.54, 1.807) is 0 Å². The second-order valence-corrected chi connectivity index (χ2v) is 4.13. The number of unbranched alkanes of at least 4 members (excludes halogenated alkanes) is 1. The van der Waals surface area contributed by atoms with Crippen molar-refractivity contribution in [1.82, 2.24) is 9.97 Å². The van der Waals surface area contributed by atoms with Crippen LogP contribution in [0.15, 0.2) is 18.2 Å². The zero-order valence-corrected chi connectivity index (χ0v) is 9.79. The molecule has 0 amide bonds. The Hall–Kier alpha value is -1.35. The lowest BCUT2D eigenvalue weighted by atomic mass is 10.1. The van der Waals surface area contributed by atoms with Crippen LogP contribution in [0.25, 0.3) is 11.0 Å². The Morgan fingerprint density at radius 2 is 2.19 bits per heavy atom. The van der Waals surface area contributed by atoms with Crippen LogP contribution in [0.1, 0.15) is 31.2 Å². The molecule has 1 aromatic carbocycles. The predicted octanol–water partition coefficient (Wildman–Crippen LogP) is 2.41. The molecule has 0 aliphatic carbocycles. The van der Waals surface area contributed by atoms with Crippen LogP contribution in [0.5, 0.6) is 0 Å². The van der Waals surface area contributed by atoms with E-state index >= 15 is 0 Å². The van der Waals surface area contributed by atoms with E-state index in [1.165, 1.54) is 5.56 Å². The summed E-state index contributed by atoms with van der Waals surface area (Å²) in [5.74, 6) is 1.06. The second kappa shape index (κ2) is 5.12. The molecule has 16 heavy (non-hydrogen) atoms. The molecule has 0 atom stereocenters. The van der Waals surface area contributed by atoms with Crippen LogP contribution in [0.4, 0.5) is 0 Å². The quantitative estimate of drug-likeness (QED) is 0.756. The largest absolute Gasteiger partial charge is 0.342 e. The number of H-pyrrole nitrogens is 1. The minimum Gasteiger partial charge on any atom is -0.342 e. The lowest BCUT2D eigenvalue weighted by molar-refractivity contribution is 0.745. The van der Waals surface area contributed by atoms with Gasteiger partial charge in [0.25, 0.3) is 0 Å². The lowest BCUT2D eigenvalue weighted by Crippen LogP contribution is -1.98. The molecule has 1 heterocycles. The van der Waals surface area contributed by atoms with Crippen molar-refractivity contribution in [3.63, 3.8) is 0 Å². The van der Waals surface area contributed by atoms with Gasteiger partial charge in [-0.3, -0.25) is 0 Å². The van der Waals surface area contributed by atoms with Gasteiger partial charge in [0.15, 0.2) is 0 Å². The maximum absolute atomic E-state index is 5.49. The van der Waals surface area contributed by atoms with Crippen LogP contribution < -0.4 is 5.73 Å². The highest BCUT2D eigenvalue weighted by molar-refractivity contribution is 5.75. The van der Waals surface area contributed by atoms with Crippen molar-refractivity contribution in [3.8, 4) is 0 Å². The van der Waals surface area contributed by atoms with E-state index in [9.17, 15) is 0 Å². The molecule has 1 aromatic heterocycles. The Bertz CT molecular complexity index is 459. The maximum atomic E-state index is 5.49. The standard InChI is InChI=1S/C13H19N3/c1-2-13-15-11-7-6-10(5-3-4-8-14)9-12(11)16-13/h6-7,9H,2-5,8,14H2,1H3,(H,15,16). The lowest BCUT2D eigenvalue weighted by Gasteiger charge is -2.00. The fourth-order valence-corrected chi connectivity index (χ4v) is 1.91. The first-order valence-corrected chi connectivity index (χ1v) is 6.01. The Kier molecular flexibility index (Phi) is 3.57. The molecule has 3 heteroatoms. The van der Waals surface area contributed by atoms with Crippen LogP contribution in [-0.4, -0.2) is 16.5 Å². The number of fused-ring (bicyclic) bond motifs is 1. The van der Waals surface area contributed by atoms with E-state index in [1.807, 2.05) is 0 Å². The fraction of sp³-hybridized carbons (Fsp3) is 0.462. The van der Waals surface area contributed by atoms with Gasteiger partial charge in [-0.15, -0.1) is 0 Å². The molecule has 0 saturated heterocycles. The minimum atomic E-state index is 0.784. The molecule has 0 unspecified atom stereocenters. The van der Waals surface area contributed by atoms with E-state index in [4.69, 9.17) is 5.73 Å².